The molecule has 0 atom stereocenters. The Morgan fingerprint density at radius 1 is 0.762 bits per heavy atom. The van der Waals surface area contributed by atoms with Gasteiger partial charge in [-0.2, -0.15) is 0 Å². The van der Waals surface area contributed by atoms with Crippen molar-refractivity contribution in [2.45, 2.75) is 90.4 Å². The molecule has 0 radical (unpaired) electrons. The lowest BCUT2D eigenvalue weighted by molar-refractivity contribution is -0.136. The number of hydrogen-bond donors (Lipinski definition) is 0. The van der Waals surface area contributed by atoms with Gasteiger partial charge in [0, 0.05) is 12.3 Å². The summed E-state index contributed by atoms with van der Waals surface area (Å²) >= 11 is 0. The number of ketones is 1. The zero-order valence-electron chi connectivity index (χ0n) is 14.0. The molecule has 0 unspecified atom stereocenters. The van der Waals surface area contributed by atoms with Crippen molar-refractivity contribution in [1.29, 1.82) is 0 Å². The minimum Gasteiger partial charge on any atom is -0.299 e. The van der Waals surface area contributed by atoms with E-state index < -0.39 is 0 Å². The first-order valence-corrected chi connectivity index (χ1v) is 9.80. The molecule has 0 N–H and O–H groups in total. The van der Waals surface area contributed by atoms with Crippen LogP contribution >= 0.6 is 0 Å². The Bertz CT molecular complexity index is 318. The predicted molar refractivity (Wildman–Crippen MR) is 88.2 cm³/mol. The topological polar surface area (TPSA) is 17.1 Å². The molecule has 0 saturated heterocycles. The third kappa shape index (κ3) is 3.71. The molecule has 4 bridgehead atoms. The molecule has 0 heterocycles. The summed E-state index contributed by atoms with van der Waals surface area (Å²) in [5.74, 6) is 4.71. The van der Waals surface area contributed by atoms with Gasteiger partial charge in [-0.3, -0.25) is 4.79 Å². The molecule has 1 heteroatoms. The first kappa shape index (κ1) is 15.6. The number of unbranched alkanes of at least 4 members (excludes halogenated alkanes) is 6. The molecule has 120 valence electrons. The Labute approximate surface area is 131 Å². The maximum Gasteiger partial charge on any atom is 0.136 e. The molecular weight excluding hydrogens is 256 g/mol. The van der Waals surface area contributed by atoms with Gasteiger partial charge in [0.1, 0.15) is 5.78 Å². The highest BCUT2D eigenvalue weighted by molar-refractivity contribution is 5.81. The Hall–Kier alpha value is -0.330. The first-order chi connectivity index (χ1) is 10.3. The molecule has 4 rings (SSSR count). The van der Waals surface area contributed by atoms with Crippen molar-refractivity contribution in [2.24, 2.45) is 29.6 Å². The summed E-state index contributed by atoms with van der Waals surface area (Å²) in [5.41, 5.74) is 0. The summed E-state index contributed by atoms with van der Waals surface area (Å²) in [5, 5.41) is 0. The van der Waals surface area contributed by atoms with E-state index in [1.54, 1.807) is 0 Å². The van der Waals surface area contributed by atoms with Crippen LogP contribution in [0.5, 0.6) is 0 Å². The van der Waals surface area contributed by atoms with Crippen molar-refractivity contribution in [3.8, 4) is 0 Å². The molecule has 4 saturated carbocycles. The predicted octanol–water partition coefficient (Wildman–Crippen LogP) is 5.77. The van der Waals surface area contributed by atoms with Gasteiger partial charge in [-0.05, 0) is 62.2 Å². The lowest BCUT2D eigenvalue weighted by atomic mass is 9.51. The van der Waals surface area contributed by atoms with Gasteiger partial charge in [-0.15, -0.1) is 0 Å². The molecule has 0 aliphatic heterocycles. The van der Waals surface area contributed by atoms with Crippen LogP contribution in [0.25, 0.3) is 0 Å². The fraction of sp³-hybridized carbons (Fsp3) is 0.950. The number of carbonyl (C=O) groups excluding carboxylic acids is 1. The Morgan fingerprint density at radius 2 is 1.29 bits per heavy atom. The Balaban J connectivity index is 1.36. The van der Waals surface area contributed by atoms with Crippen molar-refractivity contribution in [1.82, 2.24) is 0 Å². The summed E-state index contributed by atoms with van der Waals surface area (Å²) in [6.07, 6.45) is 17.2. The monoisotopic (exact) mass is 290 g/mol. The Kier molecular flexibility index (Phi) is 5.40. The lowest BCUT2D eigenvalue weighted by Crippen LogP contribution is -2.47. The van der Waals surface area contributed by atoms with Crippen LogP contribution < -0.4 is 0 Å². The van der Waals surface area contributed by atoms with Gasteiger partial charge in [-0.1, -0.05) is 45.4 Å². The summed E-state index contributed by atoms with van der Waals surface area (Å²) < 4.78 is 0. The maximum absolute atomic E-state index is 12.7. The molecule has 1 nitrogen and oxygen atoms in total. The molecule has 0 aromatic rings. The SMILES string of the molecule is CCCCCCCCCC(=O)C1C2CC3CC(C2)CC1C3. The number of hydrogen-bond acceptors (Lipinski definition) is 1. The second-order valence-corrected chi connectivity index (χ2v) is 8.29. The van der Waals surface area contributed by atoms with E-state index >= 15 is 0 Å². The normalized spacial score (nSPS) is 37.1. The van der Waals surface area contributed by atoms with Crippen LogP contribution in [0.1, 0.15) is 90.4 Å². The van der Waals surface area contributed by atoms with Crippen LogP contribution in [0.15, 0.2) is 0 Å². The van der Waals surface area contributed by atoms with Gasteiger partial charge in [0.05, 0.1) is 0 Å². The summed E-state index contributed by atoms with van der Waals surface area (Å²) in [4.78, 5) is 12.7. The zero-order valence-corrected chi connectivity index (χ0v) is 14.0. The van der Waals surface area contributed by atoms with Gasteiger partial charge in [-0.25, -0.2) is 0 Å². The van der Waals surface area contributed by atoms with Crippen molar-refractivity contribution in [3.05, 3.63) is 0 Å². The Morgan fingerprint density at radius 3 is 1.86 bits per heavy atom. The van der Waals surface area contributed by atoms with Crippen LogP contribution in [0.4, 0.5) is 0 Å². The van der Waals surface area contributed by atoms with E-state index in [1.165, 1.54) is 70.6 Å². The quantitative estimate of drug-likeness (QED) is 0.493. The van der Waals surface area contributed by atoms with Crippen LogP contribution in [-0.4, -0.2) is 5.78 Å². The second kappa shape index (κ2) is 7.29. The fourth-order valence-electron chi connectivity index (χ4n) is 5.87. The van der Waals surface area contributed by atoms with Gasteiger partial charge < -0.3 is 0 Å². The highest BCUT2D eigenvalue weighted by atomic mass is 16.1. The molecule has 0 spiro atoms. The largest absolute Gasteiger partial charge is 0.299 e. The smallest absolute Gasteiger partial charge is 0.136 e. The average molecular weight is 290 g/mol. The lowest BCUT2D eigenvalue weighted by Gasteiger charge is -2.53. The van der Waals surface area contributed by atoms with Crippen LogP contribution in [-0.2, 0) is 4.79 Å². The number of carbonyl (C=O) groups is 1. The molecule has 4 aliphatic carbocycles. The van der Waals surface area contributed by atoms with Crippen molar-refractivity contribution >= 4 is 5.78 Å². The molecule has 0 aromatic heterocycles. The van der Waals surface area contributed by atoms with E-state index in [-0.39, 0.29) is 0 Å². The highest BCUT2D eigenvalue weighted by Gasteiger charge is 2.50. The van der Waals surface area contributed by atoms with E-state index in [1.807, 2.05) is 0 Å². The third-order valence-electron chi connectivity index (χ3n) is 6.63. The summed E-state index contributed by atoms with van der Waals surface area (Å²) in [6, 6.07) is 0. The second-order valence-electron chi connectivity index (χ2n) is 8.29. The molecule has 4 aliphatic rings. The minimum absolute atomic E-state index is 0.484. The van der Waals surface area contributed by atoms with Crippen LogP contribution in [0, 0.1) is 29.6 Å². The van der Waals surface area contributed by atoms with Gasteiger partial charge >= 0.3 is 0 Å². The molecular formula is C20H34O. The van der Waals surface area contributed by atoms with Crippen LogP contribution in [0.3, 0.4) is 0 Å². The highest BCUT2D eigenvalue weighted by Crippen LogP contribution is 2.56. The molecule has 21 heavy (non-hydrogen) atoms. The third-order valence-corrected chi connectivity index (χ3v) is 6.63. The van der Waals surface area contributed by atoms with Gasteiger partial charge in [0.2, 0.25) is 0 Å². The van der Waals surface area contributed by atoms with Gasteiger partial charge in [0.25, 0.3) is 0 Å². The standard InChI is InChI=1S/C20H34O/c1-2-3-4-5-6-7-8-9-19(21)20-17-11-15-10-16(13-17)14-18(20)12-15/h15-18,20H,2-14H2,1H3. The summed E-state index contributed by atoms with van der Waals surface area (Å²) in [6.45, 7) is 2.27. The first-order valence-electron chi connectivity index (χ1n) is 9.80. The zero-order chi connectivity index (χ0) is 14.7. The molecule has 0 amide bonds. The minimum atomic E-state index is 0.484. The van der Waals surface area contributed by atoms with E-state index in [4.69, 9.17) is 0 Å². The molecule has 4 fully saturated rings. The van der Waals surface area contributed by atoms with Crippen molar-refractivity contribution in [2.75, 3.05) is 0 Å². The van der Waals surface area contributed by atoms with Crippen LogP contribution in [0.2, 0.25) is 0 Å². The molecule has 0 aromatic carbocycles. The van der Waals surface area contributed by atoms with Crippen molar-refractivity contribution in [3.63, 3.8) is 0 Å². The van der Waals surface area contributed by atoms with E-state index in [2.05, 4.69) is 6.92 Å². The maximum atomic E-state index is 12.7. The van der Waals surface area contributed by atoms with Crippen molar-refractivity contribution < 1.29 is 4.79 Å². The number of Topliss-reactive ketones (excluding diaryl/α,β-unsaturated/α-hetero) is 1. The van der Waals surface area contributed by atoms with E-state index in [0.29, 0.717) is 11.7 Å². The fourth-order valence-corrected chi connectivity index (χ4v) is 5.87. The summed E-state index contributed by atoms with van der Waals surface area (Å²) in [7, 11) is 0. The van der Waals surface area contributed by atoms with E-state index in [9.17, 15) is 4.79 Å². The van der Waals surface area contributed by atoms with E-state index in [0.717, 1.165) is 36.5 Å². The van der Waals surface area contributed by atoms with Gasteiger partial charge in [0.15, 0.2) is 0 Å². The number of rotatable bonds is 9. The average Bonchev–Trinajstić information content (AvgIpc) is 2.45.